The van der Waals surface area contributed by atoms with Crippen LogP contribution in [0.25, 0.3) is 5.65 Å². The van der Waals surface area contributed by atoms with Crippen molar-refractivity contribution in [1.29, 1.82) is 0 Å². The summed E-state index contributed by atoms with van der Waals surface area (Å²) < 4.78 is 40.6. The van der Waals surface area contributed by atoms with E-state index in [1.807, 2.05) is 0 Å². The van der Waals surface area contributed by atoms with Gasteiger partial charge in [-0.1, -0.05) is 18.2 Å². The molecule has 0 atom stereocenters. The monoisotopic (exact) mass is 469 g/mol. The molecule has 0 aliphatic carbocycles. The molecule has 11 heteroatoms. The summed E-state index contributed by atoms with van der Waals surface area (Å²) >= 11 is 0. The van der Waals surface area contributed by atoms with Crippen molar-refractivity contribution in [3.05, 3.63) is 100 Å². The second-order valence-electron chi connectivity index (χ2n) is 7.38. The highest BCUT2D eigenvalue weighted by Crippen LogP contribution is 2.29. The summed E-state index contributed by atoms with van der Waals surface area (Å²) in [5.41, 5.74) is 0.519. The third-order valence-electron chi connectivity index (χ3n) is 4.92. The van der Waals surface area contributed by atoms with Crippen molar-refractivity contribution >= 4 is 23.1 Å². The molecule has 0 aliphatic rings. The lowest BCUT2D eigenvalue weighted by Crippen LogP contribution is -2.32. The van der Waals surface area contributed by atoms with Crippen molar-refractivity contribution in [3.8, 4) is 0 Å². The van der Waals surface area contributed by atoms with Crippen molar-refractivity contribution < 1.29 is 22.8 Å². The molecule has 2 aromatic carbocycles. The lowest BCUT2D eigenvalue weighted by molar-refractivity contribution is -0.137. The zero-order valence-electron chi connectivity index (χ0n) is 17.5. The van der Waals surface area contributed by atoms with Crippen LogP contribution in [0.1, 0.15) is 21.5 Å². The summed E-state index contributed by atoms with van der Waals surface area (Å²) in [4.78, 5) is 36.8. The van der Waals surface area contributed by atoms with Gasteiger partial charge in [0.25, 0.3) is 5.91 Å². The molecule has 2 amide bonds. The summed E-state index contributed by atoms with van der Waals surface area (Å²) in [6.45, 7) is -0.190. The standard InChI is InChI=1S/C23H18F3N5O3/c24-23(25,26)17-9-7-16(8-10-17)21(33)27-13-20(32)28-18-5-3-4-15(12-18)14-31-22(34)30-11-2-1-6-19(30)29-31/h1-12H,13-14H2,(H,27,33)(H,28,32). The SMILES string of the molecule is O=C(CNC(=O)c1ccc(C(F)(F)F)cc1)Nc1cccc(Cn2nc3ccccn3c2=O)c1. The van der Waals surface area contributed by atoms with Gasteiger partial charge in [-0.2, -0.15) is 13.2 Å². The number of hydrogen-bond donors (Lipinski definition) is 2. The van der Waals surface area contributed by atoms with E-state index in [4.69, 9.17) is 0 Å². The minimum absolute atomic E-state index is 0.000642. The molecule has 174 valence electrons. The number of aromatic nitrogens is 3. The Balaban J connectivity index is 1.35. The third kappa shape index (κ3) is 5.14. The first kappa shape index (κ1) is 22.8. The van der Waals surface area contributed by atoms with Crippen LogP contribution in [0.4, 0.5) is 18.9 Å². The Bertz CT molecular complexity index is 1410. The summed E-state index contributed by atoms with van der Waals surface area (Å²) in [6.07, 6.45) is -2.88. The summed E-state index contributed by atoms with van der Waals surface area (Å²) in [5.74, 6) is -1.20. The number of nitrogens with zero attached hydrogens (tertiary/aromatic N) is 3. The van der Waals surface area contributed by atoms with E-state index in [0.29, 0.717) is 11.3 Å². The number of halogens is 3. The van der Waals surface area contributed by atoms with Gasteiger partial charge in [0.15, 0.2) is 5.65 Å². The third-order valence-corrected chi connectivity index (χ3v) is 4.92. The van der Waals surface area contributed by atoms with Crippen LogP contribution < -0.4 is 16.3 Å². The number of rotatable bonds is 6. The van der Waals surface area contributed by atoms with Gasteiger partial charge in [-0.15, -0.1) is 5.10 Å². The number of hydrogen-bond acceptors (Lipinski definition) is 4. The Labute approximate surface area is 190 Å². The molecule has 34 heavy (non-hydrogen) atoms. The van der Waals surface area contributed by atoms with Gasteiger partial charge < -0.3 is 10.6 Å². The Morgan fingerprint density at radius 1 is 0.971 bits per heavy atom. The van der Waals surface area contributed by atoms with Crippen LogP contribution in [-0.4, -0.2) is 32.5 Å². The molecule has 2 heterocycles. The Hall–Kier alpha value is -4.41. The molecule has 4 aromatic rings. The number of carbonyl (C=O) groups excluding carboxylic acids is 2. The van der Waals surface area contributed by atoms with Crippen molar-refractivity contribution in [3.63, 3.8) is 0 Å². The van der Waals surface area contributed by atoms with E-state index in [9.17, 15) is 27.6 Å². The number of amides is 2. The fraction of sp³-hybridized carbons (Fsp3) is 0.130. The second-order valence-corrected chi connectivity index (χ2v) is 7.38. The maximum atomic E-state index is 12.6. The Kier molecular flexibility index (Phi) is 6.17. The minimum Gasteiger partial charge on any atom is -0.343 e. The van der Waals surface area contributed by atoms with Crippen LogP contribution in [0, 0.1) is 0 Å². The Morgan fingerprint density at radius 2 is 1.74 bits per heavy atom. The van der Waals surface area contributed by atoms with E-state index >= 15 is 0 Å². The molecule has 0 spiro atoms. The maximum Gasteiger partial charge on any atom is 0.416 e. The molecule has 0 saturated carbocycles. The molecule has 0 fully saturated rings. The predicted octanol–water partition coefficient (Wildman–Crippen LogP) is 2.93. The van der Waals surface area contributed by atoms with Crippen LogP contribution in [0.15, 0.2) is 77.7 Å². The van der Waals surface area contributed by atoms with Crippen molar-refractivity contribution in [2.75, 3.05) is 11.9 Å². The first-order valence-corrected chi connectivity index (χ1v) is 10.1. The predicted molar refractivity (Wildman–Crippen MR) is 117 cm³/mol. The quantitative estimate of drug-likeness (QED) is 0.454. The summed E-state index contributed by atoms with van der Waals surface area (Å²) in [7, 11) is 0. The highest BCUT2D eigenvalue weighted by atomic mass is 19.4. The number of benzene rings is 2. The van der Waals surface area contributed by atoms with E-state index < -0.39 is 23.6 Å². The zero-order chi connectivity index (χ0) is 24.3. The largest absolute Gasteiger partial charge is 0.416 e. The number of fused-ring (bicyclic) bond motifs is 1. The number of nitrogens with one attached hydrogen (secondary N) is 2. The normalized spacial score (nSPS) is 11.4. The number of anilines is 1. The van der Waals surface area contributed by atoms with Gasteiger partial charge in [-0.3, -0.25) is 14.0 Å². The van der Waals surface area contributed by atoms with Gasteiger partial charge in [0.2, 0.25) is 5.91 Å². The molecule has 0 radical (unpaired) electrons. The highest BCUT2D eigenvalue weighted by molar-refractivity contribution is 5.99. The molecule has 0 unspecified atom stereocenters. The summed E-state index contributed by atoms with van der Waals surface area (Å²) in [6, 6.07) is 15.7. The molecule has 0 saturated heterocycles. The molecule has 8 nitrogen and oxygen atoms in total. The lowest BCUT2D eigenvalue weighted by atomic mass is 10.1. The molecule has 4 rings (SSSR count). The average Bonchev–Trinajstić information content (AvgIpc) is 3.12. The van der Waals surface area contributed by atoms with E-state index in [2.05, 4.69) is 15.7 Å². The molecule has 0 bridgehead atoms. The number of pyridine rings is 1. The van der Waals surface area contributed by atoms with Gasteiger partial charge in [0, 0.05) is 17.4 Å². The fourth-order valence-electron chi connectivity index (χ4n) is 3.27. The van der Waals surface area contributed by atoms with Crippen LogP contribution >= 0.6 is 0 Å². The van der Waals surface area contributed by atoms with Crippen molar-refractivity contribution in [1.82, 2.24) is 19.5 Å². The first-order chi connectivity index (χ1) is 16.2. The maximum absolute atomic E-state index is 12.6. The molecule has 2 N–H and O–H groups in total. The van der Waals surface area contributed by atoms with E-state index in [1.165, 1.54) is 9.08 Å². The summed E-state index contributed by atoms with van der Waals surface area (Å²) in [5, 5.41) is 9.26. The van der Waals surface area contributed by atoms with Crippen LogP contribution in [-0.2, 0) is 17.5 Å². The molecular formula is C23H18F3N5O3. The Morgan fingerprint density at radius 3 is 2.44 bits per heavy atom. The van der Waals surface area contributed by atoms with Gasteiger partial charge in [0.1, 0.15) is 0 Å². The second kappa shape index (κ2) is 9.22. The molecular weight excluding hydrogens is 451 g/mol. The first-order valence-electron chi connectivity index (χ1n) is 10.1. The van der Waals surface area contributed by atoms with Crippen molar-refractivity contribution in [2.45, 2.75) is 12.7 Å². The fourth-order valence-corrected chi connectivity index (χ4v) is 3.27. The van der Waals surface area contributed by atoms with Gasteiger partial charge >= 0.3 is 11.9 Å². The van der Waals surface area contributed by atoms with Gasteiger partial charge in [-0.25, -0.2) is 9.48 Å². The topological polar surface area (TPSA) is 97.5 Å². The van der Waals surface area contributed by atoms with Crippen LogP contribution in [0.2, 0.25) is 0 Å². The zero-order valence-corrected chi connectivity index (χ0v) is 17.5. The van der Waals surface area contributed by atoms with Crippen molar-refractivity contribution in [2.24, 2.45) is 0 Å². The lowest BCUT2D eigenvalue weighted by Gasteiger charge is -2.10. The van der Waals surface area contributed by atoms with Crippen LogP contribution in [0.3, 0.4) is 0 Å². The minimum atomic E-state index is -4.50. The van der Waals surface area contributed by atoms with Crippen LogP contribution in [0.5, 0.6) is 0 Å². The number of alkyl halides is 3. The van der Waals surface area contributed by atoms with Gasteiger partial charge in [0.05, 0.1) is 18.7 Å². The average molecular weight is 469 g/mol. The number of carbonyl (C=O) groups is 2. The smallest absolute Gasteiger partial charge is 0.343 e. The molecule has 0 aliphatic heterocycles. The molecule has 2 aromatic heterocycles. The highest BCUT2D eigenvalue weighted by Gasteiger charge is 2.30. The van der Waals surface area contributed by atoms with E-state index in [1.54, 1.807) is 48.7 Å². The van der Waals surface area contributed by atoms with Gasteiger partial charge in [-0.05, 0) is 54.1 Å². The van der Waals surface area contributed by atoms with E-state index in [-0.39, 0.29) is 24.3 Å². The van der Waals surface area contributed by atoms with E-state index in [0.717, 1.165) is 29.8 Å².